The predicted octanol–water partition coefficient (Wildman–Crippen LogP) is 4.54. The first kappa shape index (κ1) is 18.6. The van der Waals surface area contributed by atoms with Crippen molar-refractivity contribution in [3.05, 3.63) is 83.6 Å². The summed E-state index contributed by atoms with van der Waals surface area (Å²) in [6.45, 7) is 5.57. The van der Waals surface area contributed by atoms with Crippen molar-refractivity contribution in [3.63, 3.8) is 0 Å². The number of nitrogens with zero attached hydrogens (tertiary/aromatic N) is 1. The molecule has 1 unspecified atom stereocenters. The minimum Gasteiger partial charge on any atom is -0.348 e. The van der Waals surface area contributed by atoms with Crippen LogP contribution < -0.4 is 5.32 Å². The van der Waals surface area contributed by atoms with E-state index in [9.17, 15) is 9.59 Å². The monoisotopic (exact) mass is 360 g/mol. The van der Waals surface area contributed by atoms with Gasteiger partial charge in [0.1, 0.15) is 6.54 Å². The van der Waals surface area contributed by atoms with E-state index in [1.165, 1.54) is 0 Å². The molecule has 0 saturated carbocycles. The number of Topliss-reactive ketones (excluding diaryl/α,β-unsaturated/α-hetero) is 1. The minimum atomic E-state index is -0.0858. The maximum absolute atomic E-state index is 12.7. The molecule has 0 spiro atoms. The summed E-state index contributed by atoms with van der Waals surface area (Å²) in [4.78, 5) is 24.7. The van der Waals surface area contributed by atoms with E-state index in [4.69, 9.17) is 0 Å². The first-order valence-electron chi connectivity index (χ1n) is 9.08. The molecule has 0 aliphatic heterocycles. The van der Waals surface area contributed by atoms with Crippen molar-refractivity contribution in [2.24, 2.45) is 0 Å². The lowest BCUT2D eigenvalue weighted by Crippen LogP contribution is -2.30. The second kappa shape index (κ2) is 8.04. The molecule has 27 heavy (non-hydrogen) atoms. The topological polar surface area (TPSA) is 51.1 Å². The third-order valence-corrected chi connectivity index (χ3v) is 4.79. The Balaban J connectivity index is 1.87. The van der Waals surface area contributed by atoms with Crippen LogP contribution in [0.25, 0.3) is 11.3 Å². The number of carbonyl (C=O) groups excluding carboxylic acids is 2. The lowest BCUT2D eigenvalue weighted by Gasteiger charge is -2.17. The van der Waals surface area contributed by atoms with Crippen LogP contribution in [0.5, 0.6) is 0 Å². The Kier molecular flexibility index (Phi) is 5.55. The van der Waals surface area contributed by atoms with Crippen molar-refractivity contribution < 1.29 is 9.59 Å². The van der Waals surface area contributed by atoms with E-state index in [1.807, 2.05) is 85.1 Å². The van der Waals surface area contributed by atoms with Crippen LogP contribution in [-0.2, 0) is 11.3 Å². The largest absolute Gasteiger partial charge is 0.348 e. The Hall–Kier alpha value is -3.14. The number of amides is 1. The van der Waals surface area contributed by atoms with Gasteiger partial charge in [0.15, 0.2) is 5.78 Å². The zero-order chi connectivity index (χ0) is 19.4. The molecule has 4 nitrogen and oxygen atoms in total. The molecule has 0 aliphatic rings. The second-order valence-corrected chi connectivity index (χ2v) is 6.74. The molecular weight excluding hydrogens is 336 g/mol. The highest BCUT2D eigenvalue weighted by molar-refractivity contribution is 5.97. The molecule has 1 N–H and O–H groups in total. The quantitative estimate of drug-likeness (QED) is 0.656. The fraction of sp³-hybridized carbons (Fsp3) is 0.217. The van der Waals surface area contributed by atoms with Gasteiger partial charge in [-0.05, 0) is 38.0 Å². The van der Waals surface area contributed by atoms with Crippen LogP contribution in [0.15, 0.2) is 66.7 Å². The molecule has 1 amide bonds. The van der Waals surface area contributed by atoms with Gasteiger partial charge in [0.2, 0.25) is 5.91 Å². The van der Waals surface area contributed by atoms with E-state index < -0.39 is 0 Å². The molecule has 0 fully saturated rings. The lowest BCUT2D eigenvalue weighted by atomic mass is 10.1. The van der Waals surface area contributed by atoms with Gasteiger partial charge in [-0.2, -0.15) is 0 Å². The van der Waals surface area contributed by atoms with Gasteiger partial charge < -0.3 is 9.88 Å². The van der Waals surface area contributed by atoms with E-state index in [0.717, 1.165) is 22.5 Å². The Morgan fingerprint density at radius 1 is 1.00 bits per heavy atom. The van der Waals surface area contributed by atoms with Crippen molar-refractivity contribution >= 4 is 11.7 Å². The third-order valence-electron chi connectivity index (χ3n) is 4.79. The maximum atomic E-state index is 12.7. The van der Waals surface area contributed by atoms with Gasteiger partial charge in [-0.25, -0.2) is 0 Å². The van der Waals surface area contributed by atoms with Crippen LogP contribution in [0.4, 0.5) is 0 Å². The van der Waals surface area contributed by atoms with Crippen molar-refractivity contribution in [2.75, 3.05) is 0 Å². The molecule has 0 aliphatic carbocycles. The van der Waals surface area contributed by atoms with Crippen molar-refractivity contribution in [1.29, 1.82) is 0 Å². The predicted molar refractivity (Wildman–Crippen MR) is 108 cm³/mol. The molecule has 3 aromatic rings. The van der Waals surface area contributed by atoms with Crippen LogP contribution in [-0.4, -0.2) is 16.3 Å². The molecule has 4 heteroatoms. The Morgan fingerprint density at radius 3 is 2.19 bits per heavy atom. The lowest BCUT2D eigenvalue weighted by molar-refractivity contribution is -0.122. The van der Waals surface area contributed by atoms with Gasteiger partial charge in [0.05, 0.1) is 6.04 Å². The van der Waals surface area contributed by atoms with Gasteiger partial charge in [0.25, 0.3) is 0 Å². The number of carbonyl (C=O) groups is 2. The first-order chi connectivity index (χ1) is 13.0. The molecule has 1 atom stereocenters. The highest BCUT2D eigenvalue weighted by Crippen LogP contribution is 2.26. The summed E-state index contributed by atoms with van der Waals surface area (Å²) in [6, 6.07) is 21.5. The Labute approximate surface area is 159 Å². The summed E-state index contributed by atoms with van der Waals surface area (Å²) in [5.74, 6) is -0.0844. The van der Waals surface area contributed by atoms with Gasteiger partial charge in [-0.3, -0.25) is 9.59 Å². The second-order valence-electron chi connectivity index (χ2n) is 6.74. The summed E-state index contributed by atoms with van der Waals surface area (Å²) in [7, 11) is 0. The van der Waals surface area contributed by atoms with Crippen LogP contribution >= 0.6 is 0 Å². The smallest absolute Gasteiger partial charge is 0.240 e. The standard InChI is InChI=1S/C23H24N2O2/c1-16(19-10-6-4-7-11-19)24-23(27)15-25-17(2)21(18(3)26)14-22(25)20-12-8-5-9-13-20/h4-14,16H,15H2,1-3H3,(H,24,27). The highest BCUT2D eigenvalue weighted by atomic mass is 16.2. The minimum absolute atomic E-state index is 0.00138. The third kappa shape index (κ3) is 4.17. The SMILES string of the molecule is CC(=O)c1cc(-c2ccccc2)n(CC(=O)NC(C)c2ccccc2)c1C. The molecule has 138 valence electrons. The zero-order valence-electron chi connectivity index (χ0n) is 15.9. The number of hydrogen-bond donors (Lipinski definition) is 1. The average Bonchev–Trinajstić information content (AvgIpc) is 3.00. The van der Waals surface area contributed by atoms with Gasteiger partial charge in [-0.1, -0.05) is 60.7 Å². The van der Waals surface area contributed by atoms with Crippen LogP contribution in [0, 0.1) is 6.92 Å². The molecule has 1 heterocycles. The number of ketones is 1. The van der Waals surface area contributed by atoms with Gasteiger partial charge in [-0.15, -0.1) is 0 Å². The van der Waals surface area contributed by atoms with E-state index in [2.05, 4.69) is 5.32 Å². The first-order valence-corrected chi connectivity index (χ1v) is 9.08. The van der Waals surface area contributed by atoms with E-state index in [-0.39, 0.29) is 24.3 Å². The number of hydrogen-bond acceptors (Lipinski definition) is 2. The molecule has 3 rings (SSSR count). The molecular formula is C23H24N2O2. The summed E-state index contributed by atoms with van der Waals surface area (Å²) >= 11 is 0. The molecule has 0 saturated heterocycles. The molecule has 1 aromatic heterocycles. The number of aromatic nitrogens is 1. The van der Waals surface area contributed by atoms with Crippen molar-refractivity contribution in [2.45, 2.75) is 33.4 Å². The average molecular weight is 360 g/mol. The van der Waals surface area contributed by atoms with Crippen LogP contribution in [0.1, 0.15) is 41.5 Å². The maximum Gasteiger partial charge on any atom is 0.240 e. The van der Waals surface area contributed by atoms with Crippen molar-refractivity contribution in [1.82, 2.24) is 9.88 Å². The van der Waals surface area contributed by atoms with Gasteiger partial charge in [0, 0.05) is 17.0 Å². The number of rotatable bonds is 6. The summed E-state index contributed by atoms with van der Waals surface area (Å²) in [5, 5.41) is 3.04. The zero-order valence-corrected chi connectivity index (χ0v) is 15.9. The van der Waals surface area contributed by atoms with Crippen molar-refractivity contribution in [3.8, 4) is 11.3 Å². The molecule has 2 aromatic carbocycles. The molecule has 0 bridgehead atoms. The van der Waals surface area contributed by atoms with E-state index in [0.29, 0.717) is 5.56 Å². The summed E-state index contributed by atoms with van der Waals surface area (Å²) in [5.41, 5.74) is 4.38. The fourth-order valence-corrected chi connectivity index (χ4v) is 3.31. The van der Waals surface area contributed by atoms with Gasteiger partial charge >= 0.3 is 0 Å². The summed E-state index contributed by atoms with van der Waals surface area (Å²) in [6.07, 6.45) is 0. The Morgan fingerprint density at radius 2 is 1.59 bits per heavy atom. The number of nitrogens with one attached hydrogen (secondary N) is 1. The Bertz CT molecular complexity index is 943. The number of benzene rings is 2. The normalized spacial score (nSPS) is 11.8. The fourth-order valence-electron chi connectivity index (χ4n) is 3.31. The molecule has 0 radical (unpaired) electrons. The highest BCUT2D eigenvalue weighted by Gasteiger charge is 2.19. The van der Waals surface area contributed by atoms with E-state index >= 15 is 0 Å². The van der Waals surface area contributed by atoms with E-state index in [1.54, 1.807) is 6.92 Å². The van der Waals surface area contributed by atoms with Crippen LogP contribution in [0.2, 0.25) is 0 Å². The summed E-state index contributed by atoms with van der Waals surface area (Å²) < 4.78 is 1.92. The van der Waals surface area contributed by atoms with Crippen LogP contribution in [0.3, 0.4) is 0 Å².